The van der Waals surface area contributed by atoms with Crippen LogP contribution in [-0.4, -0.2) is 216 Å². The van der Waals surface area contributed by atoms with E-state index in [0.717, 1.165) is 34.5 Å². The number of amides is 9. The minimum atomic E-state index is -1.75. The van der Waals surface area contributed by atoms with Crippen molar-refractivity contribution in [2.24, 2.45) is 17.2 Å². The maximum Gasteiger partial charge on any atom is 0.328 e. The van der Waals surface area contributed by atoms with E-state index in [1.807, 2.05) is 18.2 Å². The molecule has 5 rings (SSSR count). The number of aliphatic hydroxyl groups is 2. The molecule has 1 heterocycles. The fraction of sp³-hybridized carbons (Fsp3) is 0.431. The van der Waals surface area contributed by atoms with Crippen LogP contribution in [0.15, 0.2) is 109 Å². The number of para-hydroxylation sites is 1. The van der Waals surface area contributed by atoms with Crippen molar-refractivity contribution in [2.45, 2.75) is 138 Å². The highest BCUT2D eigenvalue weighted by Crippen LogP contribution is 2.21. The van der Waals surface area contributed by atoms with Crippen LogP contribution in [0, 0.1) is 0 Å². The van der Waals surface area contributed by atoms with Gasteiger partial charge in [0.15, 0.2) is 6.04 Å². The highest BCUT2D eigenvalue weighted by atomic mass is 32.2. The molecule has 9 amide bonds. The van der Waals surface area contributed by atoms with Crippen LogP contribution >= 0.6 is 24.4 Å². The summed E-state index contributed by atoms with van der Waals surface area (Å²) >= 11 is 5.05. The molecule has 0 spiro atoms. The van der Waals surface area contributed by atoms with Crippen LogP contribution in [0.1, 0.15) is 61.8 Å². The fourth-order valence-electron chi connectivity index (χ4n) is 10.0. The Morgan fingerprint density at radius 1 is 0.546 bits per heavy atom. The zero-order valence-corrected chi connectivity index (χ0v) is 55.4. The third-order valence-corrected chi connectivity index (χ3v) is 17.0. The predicted octanol–water partition coefficient (Wildman–Crippen LogP) is -2.05. The number of carboxylic acid groups (broad SMARTS) is 2. The van der Waals surface area contributed by atoms with Crippen molar-refractivity contribution >= 4 is 100 Å². The van der Waals surface area contributed by atoms with Crippen molar-refractivity contribution in [3.05, 3.63) is 132 Å². The summed E-state index contributed by atoms with van der Waals surface area (Å²) < 4.78 is 0. The summed E-state index contributed by atoms with van der Waals surface area (Å²) in [5.41, 5.74) is 21.3. The lowest BCUT2D eigenvalue weighted by atomic mass is 10.0. The van der Waals surface area contributed by atoms with Gasteiger partial charge in [0.25, 0.3) is 0 Å². The Morgan fingerprint density at radius 2 is 1.05 bits per heavy atom. The van der Waals surface area contributed by atoms with Crippen molar-refractivity contribution in [1.82, 2.24) is 52.4 Å². The number of aromatic nitrogens is 1. The number of hydrogen-bond acceptors (Lipinski definition) is 20. The maximum absolute atomic E-state index is 14.6. The number of nitrogens with one attached hydrogen (secondary N) is 9. The number of carboxylic acids is 2. The van der Waals surface area contributed by atoms with Crippen LogP contribution in [0.3, 0.4) is 0 Å². The van der Waals surface area contributed by atoms with Gasteiger partial charge in [0.1, 0.15) is 59.8 Å². The number of benzene rings is 4. The van der Waals surface area contributed by atoms with E-state index >= 15 is 0 Å². The number of H-pyrrole nitrogens is 1. The molecule has 0 aliphatic heterocycles. The van der Waals surface area contributed by atoms with Crippen LogP contribution < -0.4 is 59.7 Å². The molecule has 12 atom stereocenters. The van der Waals surface area contributed by atoms with E-state index in [1.165, 1.54) is 50.4 Å². The van der Waals surface area contributed by atoms with Gasteiger partial charge in [-0.05, 0) is 111 Å². The van der Waals surface area contributed by atoms with E-state index in [-0.39, 0.29) is 73.8 Å². The Hall–Kier alpha value is -9.31. The Bertz CT molecular complexity index is 3480. The first-order valence-corrected chi connectivity index (χ1v) is 32.9. The van der Waals surface area contributed by atoms with Gasteiger partial charge >= 0.3 is 11.9 Å². The SMILES string of the molecule is C[C@@H](O)[C@H](NC(=O)[C@H](CS)NC(=O)[C@H](Cc1ccc(O)cc1)NC(=O)C(N)CNC(=O)CSCC[C@H](NC(=O)[C@H](Cc1ccccc1)N(C)C(=O)[C@@H](NC(=O)[C@H](CCCCN)NC(=O)[C@@H](Cc1c[nH]c2ccccc12)NC(=O)[C@@H](N)Cc1ccc(O)cc1)[C@@H](C)O)C(=O)O)C(=O)O. The first kappa shape index (κ1) is 78.4. The number of aromatic hydroxyl groups is 2. The number of aromatic amines is 1. The van der Waals surface area contributed by atoms with E-state index in [4.69, 9.17) is 17.2 Å². The van der Waals surface area contributed by atoms with Crippen LogP contribution in [-0.2, 0) is 78.4 Å². The number of nitrogens with two attached hydrogens (primary N) is 3. The smallest absolute Gasteiger partial charge is 0.328 e. The van der Waals surface area contributed by atoms with Gasteiger partial charge in [-0.15, -0.1) is 0 Å². The van der Waals surface area contributed by atoms with E-state index < -0.39 is 144 Å². The summed E-state index contributed by atoms with van der Waals surface area (Å²) in [6.45, 7) is 2.13. The normalized spacial score (nSPS) is 14.9. The number of aliphatic hydroxyl groups excluding tert-OH is 2. The quantitative estimate of drug-likeness (QED) is 0.0148. The first-order valence-electron chi connectivity index (χ1n) is 31.1. The van der Waals surface area contributed by atoms with Crippen LogP contribution in [0.2, 0.25) is 0 Å². The first-order chi connectivity index (χ1) is 46.1. The van der Waals surface area contributed by atoms with Gasteiger partial charge in [0.2, 0.25) is 53.2 Å². The molecule has 5 aromatic rings. The molecule has 526 valence electrons. The topological polar surface area (TPSA) is 502 Å². The molecule has 32 heteroatoms. The number of carbonyl (C=O) groups excluding carboxylic acids is 9. The number of carbonyl (C=O) groups is 11. The molecular formula is C65H87N13O17S2. The van der Waals surface area contributed by atoms with Crippen molar-refractivity contribution in [3.8, 4) is 11.5 Å². The Balaban J connectivity index is 1.23. The third-order valence-electron chi connectivity index (χ3n) is 15.6. The monoisotopic (exact) mass is 1390 g/mol. The molecular weight excluding hydrogens is 1300 g/mol. The van der Waals surface area contributed by atoms with Crippen molar-refractivity contribution in [2.75, 3.05) is 37.4 Å². The second-order valence-corrected chi connectivity index (χ2v) is 24.7. The average molecular weight is 1390 g/mol. The summed E-state index contributed by atoms with van der Waals surface area (Å²) in [5.74, 6) is -11.6. The van der Waals surface area contributed by atoms with Gasteiger partial charge in [-0.25, -0.2) is 9.59 Å². The molecule has 0 fully saturated rings. The highest BCUT2D eigenvalue weighted by Gasteiger charge is 2.39. The van der Waals surface area contributed by atoms with Crippen molar-refractivity contribution in [3.63, 3.8) is 0 Å². The number of likely N-dealkylation sites (N-methyl/N-ethyl adjacent to an activating group) is 1. The summed E-state index contributed by atoms with van der Waals surface area (Å²) in [4.78, 5) is 153. The van der Waals surface area contributed by atoms with Gasteiger partial charge in [-0.1, -0.05) is 72.8 Å². The Labute approximate surface area is 569 Å². The van der Waals surface area contributed by atoms with Gasteiger partial charge in [0.05, 0.1) is 24.0 Å². The van der Waals surface area contributed by atoms with E-state index in [1.54, 1.807) is 54.7 Å². The predicted molar refractivity (Wildman–Crippen MR) is 362 cm³/mol. The molecule has 0 radical (unpaired) electrons. The zero-order chi connectivity index (χ0) is 71.5. The van der Waals surface area contributed by atoms with Crippen LogP contribution in [0.25, 0.3) is 10.9 Å². The lowest BCUT2D eigenvalue weighted by molar-refractivity contribution is -0.146. The van der Waals surface area contributed by atoms with E-state index in [9.17, 15) is 83.4 Å². The molecule has 97 heavy (non-hydrogen) atoms. The van der Waals surface area contributed by atoms with Gasteiger partial charge < -0.3 is 100 Å². The van der Waals surface area contributed by atoms with E-state index in [0.29, 0.717) is 35.1 Å². The van der Waals surface area contributed by atoms with Crippen LogP contribution in [0.5, 0.6) is 11.5 Å². The number of fused-ring (bicyclic) bond motifs is 1. The molecule has 21 N–H and O–H groups in total. The molecule has 1 aromatic heterocycles. The second-order valence-electron chi connectivity index (χ2n) is 23.2. The third kappa shape index (κ3) is 25.0. The molecule has 0 saturated heterocycles. The number of aliphatic carboxylic acids is 2. The zero-order valence-electron chi connectivity index (χ0n) is 53.7. The number of unbranched alkanes of at least 4 members (excludes halogenated alkanes) is 1. The van der Waals surface area contributed by atoms with Gasteiger partial charge in [0, 0.05) is 55.7 Å². The summed E-state index contributed by atoms with van der Waals surface area (Å²) in [5, 5.41) is 81.1. The number of phenolic OH excluding ortho intramolecular Hbond substituents is 2. The number of nitrogens with zero attached hydrogens (tertiary/aromatic N) is 1. The van der Waals surface area contributed by atoms with Gasteiger partial charge in [-0.2, -0.15) is 24.4 Å². The number of thiol groups is 1. The van der Waals surface area contributed by atoms with Crippen molar-refractivity contribution in [1.29, 1.82) is 0 Å². The molecule has 0 saturated carbocycles. The molecule has 0 aliphatic rings. The number of phenols is 2. The Kier molecular flexibility index (Phi) is 31.5. The minimum Gasteiger partial charge on any atom is -0.508 e. The van der Waals surface area contributed by atoms with Crippen molar-refractivity contribution < 1.29 is 83.4 Å². The summed E-state index contributed by atoms with van der Waals surface area (Å²) in [6, 6.07) is 12.7. The highest BCUT2D eigenvalue weighted by molar-refractivity contribution is 7.99. The largest absolute Gasteiger partial charge is 0.508 e. The molecule has 1 unspecified atom stereocenters. The lowest BCUT2D eigenvalue weighted by Gasteiger charge is -2.33. The molecule has 0 bridgehead atoms. The fourth-order valence-corrected chi connectivity index (χ4v) is 11.1. The molecule has 4 aromatic carbocycles. The number of thioether (sulfide) groups is 1. The summed E-state index contributed by atoms with van der Waals surface area (Å²) in [7, 11) is 1.24. The standard InChI is InChI=1S/C65H87N13O17S2/c1-35(79)54(76-58(86)47(15-9-10-25-66)71-60(88)50(30-40-31-69-46-14-8-7-13-43(40)46)74-56(84)44(67)27-38-16-20-41(81)21-17-38)63(91)78(3)52(29-37-11-5-4-6-12-37)62(90)72-48(64(92)93)24-26-97-34-53(83)70-32-45(68)57(85)73-49(28-39-18-22-42(82)23-19-39)59(87)75-51(33-96)61(89)77-55(36(2)80)65(94)95/h4-8,11-14,16-23,31,35-36,44-45,47-52,54-55,69,79-82,96H,9-10,15,24-30,32-34,66-68H2,1-3H3,(H,70,83)(H,71,88)(H,72,90)(H,73,85)(H,74,84)(H,75,87)(H,76,86)(H,77,89)(H,92,93)(H,94,95)/t35-,36-,44+,45?,47+,48+,49+,50-,51+,52+,54+,55+/m1/s1. The average Bonchev–Trinajstić information content (AvgIpc) is 1.82. The Morgan fingerprint density at radius 3 is 1.63 bits per heavy atom. The second kappa shape index (κ2) is 39.0. The van der Waals surface area contributed by atoms with Gasteiger partial charge in [-0.3, -0.25) is 43.2 Å². The lowest BCUT2D eigenvalue weighted by Crippen LogP contribution is -2.62. The molecule has 30 nitrogen and oxygen atoms in total. The maximum atomic E-state index is 14.6. The van der Waals surface area contributed by atoms with E-state index in [2.05, 4.69) is 60.1 Å². The number of hydrogen-bond donors (Lipinski definition) is 19. The molecule has 0 aliphatic carbocycles. The minimum absolute atomic E-state index is 0.0134. The number of rotatable bonds is 40. The summed E-state index contributed by atoms with van der Waals surface area (Å²) in [6.07, 6.45) is -1.37. The van der Waals surface area contributed by atoms with Crippen LogP contribution in [0.4, 0.5) is 0 Å².